The smallest absolute Gasteiger partial charge is 0.227 e. The highest BCUT2D eigenvalue weighted by atomic mass is 16.5. The maximum Gasteiger partial charge on any atom is 0.227 e. The Hall–Kier alpha value is -3.35. The van der Waals surface area contributed by atoms with Crippen LogP contribution in [0.4, 0.5) is 0 Å². The van der Waals surface area contributed by atoms with Crippen molar-refractivity contribution in [2.75, 3.05) is 26.2 Å². The van der Waals surface area contributed by atoms with E-state index in [0.29, 0.717) is 38.9 Å². The van der Waals surface area contributed by atoms with Gasteiger partial charge in [-0.05, 0) is 48.6 Å². The second-order valence-electron chi connectivity index (χ2n) is 9.01. The summed E-state index contributed by atoms with van der Waals surface area (Å²) in [5, 5.41) is 3.04. The molecule has 1 fully saturated rings. The van der Waals surface area contributed by atoms with Crippen molar-refractivity contribution in [3.8, 4) is 5.75 Å². The van der Waals surface area contributed by atoms with Crippen molar-refractivity contribution in [2.24, 2.45) is 13.0 Å². The van der Waals surface area contributed by atoms with E-state index in [0.717, 1.165) is 47.6 Å². The first-order valence-corrected chi connectivity index (χ1v) is 11.8. The quantitative estimate of drug-likeness (QED) is 0.632. The Kier molecular flexibility index (Phi) is 6.03. The van der Waals surface area contributed by atoms with Gasteiger partial charge < -0.3 is 19.5 Å². The number of carbonyl (C=O) groups excluding carboxylic acids is 2. The van der Waals surface area contributed by atoms with Gasteiger partial charge in [-0.25, -0.2) is 4.98 Å². The van der Waals surface area contributed by atoms with Crippen molar-refractivity contribution in [3.63, 3.8) is 0 Å². The van der Waals surface area contributed by atoms with E-state index in [1.54, 1.807) is 0 Å². The number of imidazole rings is 1. The minimum absolute atomic E-state index is 0.0231. The molecule has 0 saturated carbocycles. The molecule has 1 unspecified atom stereocenters. The van der Waals surface area contributed by atoms with Gasteiger partial charge in [0.05, 0.1) is 30.0 Å². The Labute approximate surface area is 193 Å². The average Bonchev–Trinajstić information content (AvgIpc) is 3.45. The maximum absolute atomic E-state index is 12.8. The first kappa shape index (κ1) is 21.5. The Morgan fingerprint density at radius 2 is 2.09 bits per heavy atom. The van der Waals surface area contributed by atoms with Gasteiger partial charge in [0, 0.05) is 33.1 Å². The van der Waals surface area contributed by atoms with Crippen molar-refractivity contribution in [1.29, 1.82) is 0 Å². The fourth-order valence-corrected chi connectivity index (χ4v) is 4.87. The third-order valence-corrected chi connectivity index (χ3v) is 6.77. The minimum atomic E-state index is -0.147. The lowest BCUT2D eigenvalue weighted by Gasteiger charge is -2.19. The number of hydrogen-bond donors (Lipinski definition) is 1. The highest BCUT2D eigenvalue weighted by Gasteiger charge is 2.31. The van der Waals surface area contributed by atoms with Crippen molar-refractivity contribution in [2.45, 2.75) is 32.1 Å². The second-order valence-corrected chi connectivity index (χ2v) is 9.01. The van der Waals surface area contributed by atoms with Crippen LogP contribution in [-0.2, 0) is 35.9 Å². The van der Waals surface area contributed by atoms with E-state index in [1.807, 2.05) is 48.3 Å². The van der Waals surface area contributed by atoms with Gasteiger partial charge in [-0.15, -0.1) is 0 Å². The summed E-state index contributed by atoms with van der Waals surface area (Å²) < 4.78 is 7.73. The highest BCUT2D eigenvalue weighted by Crippen LogP contribution is 2.26. The van der Waals surface area contributed by atoms with Gasteiger partial charge in [-0.1, -0.05) is 24.3 Å². The van der Waals surface area contributed by atoms with Crippen molar-refractivity contribution < 1.29 is 14.3 Å². The molecule has 1 saturated heterocycles. The Bertz CT molecular complexity index is 1190. The van der Waals surface area contributed by atoms with Crippen LogP contribution >= 0.6 is 0 Å². The molecule has 2 amide bonds. The van der Waals surface area contributed by atoms with Gasteiger partial charge >= 0.3 is 0 Å². The van der Waals surface area contributed by atoms with Gasteiger partial charge in [0.15, 0.2) is 0 Å². The van der Waals surface area contributed by atoms with Gasteiger partial charge in [-0.3, -0.25) is 9.59 Å². The molecule has 2 aromatic carbocycles. The van der Waals surface area contributed by atoms with Crippen LogP contribution in [0.1, 0.15) is 29.8 Å². The largest absolute Gasteiger partial charge is 0.493 e. The molecule has 2 aliphatic heterocycles. The monoisotopic (exact) mass is 446 g/mol. The minimum Gasteiger partial charge on any atom is -0.493 e. The standard InChI is InChI=1S/C26H30N4O3/c1-29-22-7-3-2-6-21(22)28-24(29)10-12-27-26(32)20-11-13-30(17-20)25(31)16-18-8-9-23-19(15-18)5-4-14-33-23/h2-3,6-9,15,20H,4-5,10-14,16-17H2,1H3,(H,27,32). The number of aryl methyl sites for hydroxylation is 2. The van der Waals surface area contributed by atoms with Gasteiger partial charge in [-0.2, -0.15) is 0 Å². The molecule has 0 bridgehead atoms. The number of fused-ring (bicyclic) bond motifs is 2. The molecule has 7 heteroatoms. The predicted octanol–water partition coefficient (Wildman–Crippen LogP) is 2.65. The third-order valence-electron chi connectivity index (χ3n) is 6.77. The second kappa shape index (κ2) is 9.25. The van der Waals surface area contributed by atoms with Gasteiger partial charge in [0.2, 0.25) is 11.8 Å². The Morgan fingerprint density at radius 1 is 1.21 bits per heavy atom. The molecular formula is C26H30N4O3. The summed E-state index contributed by atoms with van der Waals surface area (Å²) in [7, 11) is 2.00. The number of benzene rings is 2. The fourth-order valence-electron chi connectivity index (χ4n) is 4.87. The van der Waals surface area contributed by atoms with Crippen LogP contribution in [0.2, 0.25) is 0 Å². The lowest BCUT2D eigenvalue weighted by Crippen LogP contribution is -2.36. The number of likely N-dealkylation sites (tertiary alicyclic amines) is 1. The fraction of sp³-hybridized carbons (Fsp3) is 0.423. The summed E-state index contributed by atoms with van der Waals surface area (Å²) in [6.07, 6.45) is 3.77. The number of rotatable bonds is 6. The van der Waals surface area contributed by atoms with Crippen LogP contribution in [-0.4, -0.2) is 52.5 Å². The van der Waals surface area contributed by atoms with Crippen LogP contribution in [0.5, 0.6) is 5.75 Å². The molecule has 33 heavy (non-hydrogen) atoms. The molecule has 0 aliphatic carbocycles. The number of hydrogen-bond acceptors (Lipinski definition) is 4. The summed E-state index contributed by atoms with van der Waals surface area (Å²) in [5.74, 6) is 1.85. The summed E-state index contributed by atoms with van der Waals surface area (Å²) in [6, 6.07) is 14.1. The van der Waals surface area contributed by atoms with Crippen LogP contribution in [0.3, 0.4) is 0 Å². The molecule has 7 nitrogen and oxygen atoms in total. The van der Waals surface area contributed by atoms with Gasteiger partial charge in [0.25, 0.3) is 0 Å². The van der Waals surface area contributed by atoms with Gasteiger partial charge in [0.1, 0.15) is 11.6 Å². The number of para-hydroxylation sites is 2. The van der Waals surface area contributed by atoms with Crippen LogP contribution < -0.4 is 10.1 Å². The van der Waals surface area contributed by atoms with Crippen LogP contribution in [0, 0.1) is 5.92 Å². The van der Waals surface area contributed by atoms with E-state index < -0.39 is 0 Å². The third kappa shape index (κ3) is 4.58. The first-order valence-electron chi connectivity index (χ1n) is 11.8. The number of carbonyl (C=O) groups is 2. The maximum atomic E-state index is 12.8. The number of nitrogens with zero attached hydrogens (tertiary/aromatic N) is 3. The SMILES string of the molecule is Cn1c(CCNC(=O)C2CCN(C(=O)Cc3ccc4c(c3)CCCO4)C2)nc2ccccc21. The van der Waals surface area contributed by atoms with Crippen LogP contribution in [0.25, 0.3) is 11.0 Å². The summed E-state index contributed by atoms with van der Waals surface area (Å²) >= 11 is 0. The average molecular weight is 447 g/mol. The zero-order chi connectivity index (χ0) is 22.8. The normalized spacial score (nSPS) is 17.6. The Morgan fingerprint density at radius 3 is 2.97 bits per heavy atom. The molecular weight excluding hydrogens is 416 g/mol. The van der Waals surface area contributed by atoms with E-state index in [-0.39, 0.29) is 17.7 Å². The lowest BCUT2D eigenvalue weighted by molar-refractivity contribution is -0.130. The molecule has 172 valence electrons. The predicted molar refractivity (Wildman–Crippen MR) is 126 cm³/mol. The van der Waals surface area contributed by atoms with Crippen molar-refractivity contribution in [3.05, 3.63) is 59.4 Å². The zero-order valence-electron chi connectivity index (χ0n) is 19.0. The van der Waals surface area contributed by atoms with Crippen molar-refractivity contribution >= 4 is 22.8 Å². The zero-order valence-corrected chi connectivity index (χ0v) is 19.0. The Balaban J connectivity index is 1.11. The molecule has 1 aromatic heterocycles. The van der Waals surface area contributed by atoms with E-state index in [2.05, 4.69) is 20.9 Å². The molecule has 0 spiro atoms. The number of nitrogens with one attached hydrogen (secondary N) is 1. The summed E-state index contributed by atoms with van der Waals surface area (Å²) in [6.45, 7) is 2.43. The number of aromatic nitrogens is 2. The molecule has 3 aromatic rings. The van der Waals surface area contributed by atoms with E-state index in [9.17, 15) is 9.59 Å². The molecule has 2 aliphatic rings. The molecule has 1 atom stereocenters. The topological polar surface area (TPSA) is 76.5 Å². The van der Waals surface area contributed by atoms with Crippen LogP contribution in [0.15, 0.2) is 42.5 Å². The number of ether oxygens (including phenoxy) is 1. The lowest BCUT2D eigenvalue weighted by atomic mass is 10.0. The van der Waals surface area contributed by atoms with E-state index in [4.69, 9.17) is 4.74 Å². The molecule has 1 N–H and O–H groups in total. The summed E-state index contributed by atoms with van der Waals surface area (Å²) in [5.41, 5.74) is 4.26. The molecule has 0 radical (unpaired) electrons. The van der Waals surface area contributed by atoms with E-state index >= 15 is 0 Å². The number of amides is 2. The first-order chi connectivity index (χ1) is 16.1. The van der Waals surface area contributed by atoms with E-state index in [1.165, 1.54) is 5.56 Å². The molecule has 3 heterocycles. The molecule has 5 rings (SSSR count). The summed E-state index contributed by atoms with van der Waals surface area (Å²) in [4.78, 5) is 32.0. The highest BCUT2D eigenvalue weighted by molar-refractivity contribution is 5.83. The van der Waals surface area contributed by atoms with Crippen molar-refractivity contribution in [1.82, 2.24) is 19.8 Å².